The molecule has 0 unspecified atom stereocenters. The first kappa shape index (κ1) is 23.8. The first-order valence-electron chi connectivity index (χ1n) is 12.2. The molecular formula is C25H37N3O2S2. The fourth-order valence-corrected chi connectivity index (χ4v) is 6.92. The molecule has 7 heteroatoms. The van der Waals surface area contributed by atoms with Crippen LogP contribution in [-0.2, 0) is 24.1 Å². The zero-order valence-electron chi connectivity index (χ0n) is 19.8. The molecule has 0 amide bonds. The lowest BCUT2D eigenvalue weighted by Crippen LogP contribution is -2.30. The lowest BCUT2D eigenvalue weighted by Gasteiger charge is -2.30. The Hall–Kier alpha value is -1.31. The fourth-order valence-electron chi connectivity index (χ4n) is 5.03. The van der Waals surface area contributed by atoms with Crippen molar-refractivity contribution in [1.29, 1.82) is 0 Å². The average molecular weight is 476 g/mol. The highest BCUT2D eigenvalue weighted by Crippen LogP contribution is 2.34. The van der Waals surface area contributed by atoms with Gasteiger partial charge in [-0.25, -0.2) is 9.97 Å². The molecular weight excluding hydrogens is 438 g/mol. The second-order valence-electron chi connectivity index (χ2n) is 9.80. The summed E-state index contributed by atoms with van der Waals surface area (Å²) in [7, 11) is 0. The van der Waals surface area contributed by atoms with Crippen molar-refractivity contribution < 1.29 is 9.53 Å². The van der Waals surface area contributed by atoms with E-state index in [2.05, 4.69) is 23.7 Å². The van der Waals surface area contributed by atoms with Crippen LogP contribution in [0.5, 0.6) is 5.19 Å². The van der Waals surface area contributed by atoms with Crippen molar-refractivity contribution in [2.24, 2.45) is 11.8 Å². The molecule has 0 N–H and O–H groups in total. The second-order valence-corrected chi connectivity index (χ2v) is 12.2. The van der Waals surface area contributed by atoms with Crippen LogP contribution in [0.2, 0.25) is 0 Å². The van der Waals surface area contributed by atoms with Gasteiger partial charge in [-0.1, -0.05) is 24.2 Å². The lowest BCUT2D eigenvalue weighted by atomic mass is 9.78. The van der Waals surface area contributed by atoms with E-state index in [4.69, 9.17) is 9.72 Å². The van der Waals surface area contributed by atoms with Gasteiger partial charge in [-0.3, -0.25) is 4.79 Å². The van der Waals surface area contributed by atoms with Gasteiger partial charge in [0.2, 0.25) is 0 Å². The summed E-state index contributed by atoms with van der Waals surface area (Å²) in [5.74, 6) is 1.81. The van der Waals surface area contributed by atoms with Crippen molar-refractivity contribution in [3.8, 4) is 5.19 Å². The molecule has 0 spiro atoms. The van der Waals surface area contributed by atoms with Gasteiger partial charge in [-0.15, -0.1) is 11.3 Å². The molecule has 0 aromatic carbocycles. The standard InChI is InChI=1S/C25H37N3O2S2/c1-17(2)30-25-27-23-9-12-28(13-10-24(23)32-25)11-8-19-4-6-20(7-5-19)14-21(29)15-22-16-26-18(3)31-22/h16-17,19-20H,4-15H2,1-3H3. The number of carbonyl (C=O) groups is 1. The summed E-state index contributed by atoms with van der Waals surface area (Å²) in [5, 5.41) is 1.89. The van der Waals surface area contributed by atoms with Gasteiger partial charge in [-0.05, 0) is 64.8 Å². The van der Waals surface area contributed by atoms with E-state index < -0.39 is 0 Å². The first-order valence-corrected chi connectivity index (χ1v) is 13.9. The molecule has 5 nitrogen and oxygen atoms in total. The molecule has 4 rings (SSSR count). The summed E-state index contributed by atoms with van der Waals surface area (Å²) in [5.41, 5.74) is 1.26. The van der Waals surface area contributed by atoms with E-state index in [1.54, 1.807) is 22.7 Å². The van der Waals surface area contributed by atoms with Crippen LogP contribution in [0.4, 0.5) is 0 Å². The molecule has 1 aliphatic carbocycles. The van der Waals surface area contributed by atoms with E-state index in [1.165, 1.54) is 49.2 Å². The van der Waals surface area contributed by atoms with E-state index in [0.29, 0.717) is 18.1 Å². The van der Waals surface area contributed by atoms with Crippen molar-refractivity contribution >= 4 is 28.5 Å². The van der Waals surface area contributed by atoms with E-state index in [-0.39, 0.29) is 6.10 Å². The summed E-state index contributed by atoms with van der Waals surface area (Å²) in [6.07, 6.45) is 11.8. The smallest absolute Gasteiger partial charge is 0.273 e. The van der Waals surface area contributed by atoms with Gasteiger partial charge in [0, 0.05) is 48.3 Å². The Labute approximate surface area is 200 Å². The minimum atomic E-state index is 0.192. The van der Waals surface area contributed by atoms with Crippen LogP contribution in [-0.4, -0.2) is 46.4 Å². The van der Waals surface area contributed by atoms with Gasteiger partial charge < -0.3 is 9.64 Å². The number of fused-ring (bicyclic) bond motifs is 1. The molecule has 2 aromatic heterocycles. The third-order valence-electron chi connectivity index (χ3n) is 6.79. The van der Waals surface area contributed by atoms with Gasteiger partial charge in [0.25, 0.3) is 5.19 Å². The van der Waals surface area contributed by atoms with Crippen LogP contribution < -0.4 is 4.74 Å². The zero-order valence-corrected chi connectivity index (χ0v) is 21.4. The summed E-state index contributed by atoms with van der Waals surface area (Å²) >= 11 is 3.39. The monoisotopic (exact) mass is 475 g/mol. The van der Waals surface area contributed by atoms with E-state index in [9.17, 15) is 4.79 Å². The van der Waals surface area contributed by atoms with Crippen molar-refractivity contribution in [2.75, 3.05) is 19.6 Å². The van der Waals surface area contributed by atoms with Crippen LogP contribution >= 0.6 is 22.7 Å². The molecule has 32 heavy (non-hydrogen) atoms. The highest BCUT2D eigenvalue weighted by Gasteiger charge is 2.25. The van der Waals surface area contributed by atoms with Crippen LogP contribution in [0, 0.1) is 18.8 Å². The maximum absolute atomic E-state index is 12.4. The average Bonchev–Trinajstić information content (AvgIpc) is 3.27. The van der Waals surface area contributed by atoms with E-state index >= 15 is 0 Å². The number of nitrogens with zero attached hydrogens (tertiary/aromatic N) is 3. The number of Topliss-reactive ketones (excluding diaryl/α,β-unsaturated/α-hetero) is 1. The van der Waals surface area contributed by atoms with Crippen molar-refractivity contribution in [1.82, 2.24) is 14.9 Å². The van der Waals surface area contributed by atoms with Gasteiger partial charge in [0.05, 0.1) is 16.8 Å². The van der Waals surface area contributed by atoms with Gasteiger partial charge in [-0.2, -0.15) is 0 Å². The SMILES string of the molecule is Cc1ncc(CC(=O)CC2CCC(CCN3CCc4nc(OC(C)C)sc4CC3)CC2)s1. The minimum absolute atomic E-state index is 0.192. The number of hydrogen-bond donors (Lipinski definition) is 0. The molecule has 2 aromatic rings. The highest BCUT2D eigenvalue weighted by atomic mass is 32.1. The molecule has 0 saturated heterocycles. The number of aryl methyl sites for hydroxylation is 1. The summed E-state index contributed by atoms with van der Waals surface area (Å²) in [4.78, 5) is 26.6. The largest absolute Gasteiger partial charge is 0.467 e. The number of ether oxygens (including phenoxy) is 1. The Balaban J connectivity index is 1.14. The molecule has 0 bridgehead atoms. The van der Waals surface area contributed by atoms with Crippen LogP contribution in [0.1, 0.15) is 72.8 Å². The van der Waals surface area contributed by atoms with Crippen LogP contribution in [0.3, 0.4) is 0 Å². The highest BCUT2D eigenvalue weighted by molar-refractivity contribution is 7.13. The number of hydrogen-bond acceptors (Lipinski definition) is 7. The second kappa shape index (κ2) is 11.2. The Morgan fingerprint density at radius 1 is 1.16 bits per heavy atom. The van der Waals surface area contributed by atoms with E-state index in [0.717, 1.165) is 53.3 Å². The number of thiazole rings is 2. The van der Waals surface area contributed by atoms with Crippen molar-refractivity contribution in [3.05, 3.63) is 26.7 Å². The quantitative estimate of drug-likeness (QED) is 0.480. The summed E-state index contributed by atoms with van der Waals surface area (Å²) in [6.45, 7) is 9.56. The fraction of sp³-hybridized carbons (Fsp3) is 0.720. The Morgan fingerprint density at radius 3 is 2.62 bits per heavy atom. The first-order chi connectivity index (χ1) is 15.4. The van der Waals surface area contributed by atoms with Gasteiger partial charge >= 0.3 is 0 Å². The molecule has 1 aliphatic heterocycles. The Morgan fingerprint density at radius 2 is 1.91 bits per heavy atom. The maximum atomic E-state index is 12.4. The molecule has 176 valence electrons. The topological polar surface area (TPSA) is 55.3 Å². The molecule has 1 fully saturated rings. The number of ketones is 1. The zero-order chi connectivity index (χ0) is 22.5. The van der Waals surface area contributed by atoms with Crippen molar-refractivity contribution in [3.63, 3.8) is 0 Å². The Bertz CT molecular complexity index is 858. The molecule has 2 aliphatic rings. The predicted octanol–water partition coefficient (Wildman–Crippen LogP) is 5.49. The molecule has 1 saturated carbocycles. The number of aromatic nitrogens is 2. The third-order valence-corrected chi connectivity index (χ3v) is 8.75. The van der Waals surface area contributed by atoms with Crippen LogP contribution in [0.25, 0.3) is 0 Å². The normalized spacial score (nSPS) is 22.0. The van der Waals surface area contributed by atoms with Crippen LogP contribution in [0.15, 0.2) is 6.20 Å². The minimum Gasteiger partial charge on any atom is -0.467 e. The number of carbonyl (C=O) groups excluding carboxylic acids is 1. The maximum Gasteiger partial charge on any atom is 0.273 e. The number of rotatable bonds is 9. The molecule has 3 heterocycles. The summed E-state index contributed by atoms with van der Waals surface area (Å²) in [6, 6.07) is 0. The molecule has 0 atom stereocenters. The summed E-state index contributed by atoms with van der Waals surface area (Å²) < 4.78 is 5.80. The van der Waals surface area contributed by atoms with Gasteiger partial charge in [0.1, 0.15) is 5.78 Å². The lowest BCUT2D eigenvalue weighted by molar-refractivity contribution is -0.119. The molecule has 0 radical (unpaired) electrons. The predicted molar refractivity (Wildman–Crippen MR) is 132 cm³/mol. The Kier molecular flexibility index (Phi) is 8.35. The van der Waals surface area contributed by atoms with Crippen molar-refractivity contribution in [2.45, 2.75) is 84.7 Å². The van der Waals surface area contributed by atoms with Gasteiger partial charge in [0.15, 0.2) is 0 Å². The third kappa shape index (κ3) is 6.84. The van der Waals surface area contributed by atoms with E-state index in [1.807, 2.05) is 13.1 Å².